The standard InChI is InChI=1S/C50H31NOS/c1-2-8-32(9-3-1)34-16-21-39(22-17-34)51(40-23-18-35(19-24-40)38-15-14-33-10-4-5-12-37(33)30-38)41-25-28-46-45(31-41)48-47(53-46)29-27-44-43-26-20-36-11-6-7-13-42(36)49(43)52-50(44)48/h1-31H. The van der Waals surface area contributed by atoms with E-state index >= 15 is 0 Å². The summed E-state index contributed by atoms with van der Waals surface area (Å²) in [5, 5.41) is 9.52. The molecule has 0 saturated heterocycles. The van der Waals surface area contributed by atoms with Crippen LogP contribution in [0.15, 0.2) is 192 Å². The minimum atomic E-state index is 0.952. The van der Waals surface area contributed by atoms with Gasteiger partial charge in [-0.1, -0.05) is 121 Å². The molecule has 3 heteroatoms. The number of hydrogen-bond acceptors (Lipinski definition) is 3. The first kappa shape index (κ1) is 30.0. The fraction of sp³-hybridized carbons (Fsp3) is 0. The minimum Gasteiger partial charge on any atom is -0.455 e. The molecule has 248 valence electrons. The van der Waals surface area contributed by atoms with Gasteiger partial charge in [0.25, 0.3) is 0 Å². The van der Waals surface area contributed by atoms with Gasteiger partial charge in [-0.25, -0.2) is 0 Å². The Labute approximate surface area is 310 Å². The van der Waals surface area contributed by atoms with Gasteiger partial charge in [-0.15, -0.1) is 11.3 Å². The van der Waals surface area contributed by atoms with E-state index in [1.807, 2.05) is 11.3 Å². The molecule has 0 aliphatic carbocycles. The van der Waals surface area contributed by atoms with Gasteiger partial charge in [-0.2, -0.15) is 0 Å². The summed E-state index contributed by atoms with van der Waals surface area (Å²) in [7, 11) is 0. The fourth-order valence-corrected chi connectivity index (χ4v) is 9.09. The van der Waals surface area contributed by atoms with Crippen LogP contribution in [0.4, 0.5) is 17.1 Å². The maximum absolute atomic E-state index is 6.85. The molecule has 0 saturated carbocycles. The number of nitrogens with zero attached hydrogens (tertiary/aromatic N) is 1. The molecule has 53 heavy (non-hydrogen) atoms. The van der Waals surface area contributed by atoms with Crippen LogP contribution in [0.1, 0.15) is 0 Å². The van der Waals surface area contributed by atoms with Gasteiger partial charge in [0.2, 0.25) is 0 Å². The van der Waals surface area contributed by atoms with E-state index in [0.717, 1.165) is 44.4 Å². The molecule has 0 bridgehead atoms. The maximum atomic E-state index is 6.85. The molecule has 0 N–H and O–H groups in total. The van der Waals surface area contributed by atoms with Crippen molar-refractivity contribution in [2.24, 2.45) is 0 Å². The zero-order valence-electron chi connectivity index (χ0n) is 28.7. The Balaban J connectivity index is 1.08. The van der Waals surface area contributed by atoms with Crippen molar-refractivity contribution in [3.63, 3.8) is 0 Å². The molecule has 0 aliphatic heterocycles. The Bertz CT molecular complexity index is 3150. The molecule has 0 fully saturated rings. The van der Waals surface area contributed by atoms with Crippen LogP contribution in [0.25, 0.3) is 85.9 Å². The number of benzene rings is 9. The van der Waals surface area contributed by atoms with Crippen molar-refractivity contribution < 1.29 is 4.42 Å². The number of hydrogen-bond donors (Lipinski definition) is 0. The van der Waals surface area contributed by atoms with Crippen molar-refractivity contribution in [1.82, 2.24) is 0 Å². The first-order valence-corrected chi connectivity index (χ1v) is 18.8. The maximum Gasteiger partial charge on any atom is 0.144 e. The Morgan fingerprint density at radius 3 is 1.70 bits per heavy atom. The second-order valence-electron chi connectivity index (χ2n) is 13.7. The van der Waals surface area contributed by atoms with Crippen molar-refractivity contribution in [2.45, 2.75) is 0 Å². The lowest BCUT2D eigenvalue weighted by atomic mass is 10.0. The van der Waals surface area contributed by atoms with Gasteiger partial charge in [-0.3, -0.25) is 0 Å². The molecule has 0 spiro atoms. The normalized spacial score (nSPS) is 11.8. The van der Waals surface area contributed by atoms with Gasteiger partial charge < -0.3 is 9.32 Å². The Kier molecular flexibility index (Phi) is 6.76. The number of fused-ring (bicyclic) bond motifs is 10. The fourth-order valence-electron chi connectivity index (χ4n) is 8.00. The van der Waals surface area contributed by atoms with Crippen LogP contribution in [0.3, 0.4) is 0 Å². The van der Waals surface area contributed by atoms with Crippen LogP contribution in [0.2, 0.25) is 0 Å². The van der Waals surface area contributed by atoms with E-state index in [1.165, 1.54) is 58.6 Å². The quantitative estimate of drug-likeness (QED) is 0.178. The molecule has 0 unspecified atom stereocenters. The molecule has 0 atom stereocenters. The molecular formula is C50H31NOS. The predicted octanol–water partition coefficient (Wildman–Crippen LogP) is 15.1. The van der Waals surface area contributed by atoms with Gasteiger partial charge in [0.05, 0.1) is 0 Å². The Hall–Kier alpha value is -6.68. The highest BCUT2D eigenvalue weighted by Crippen LogP contribution is 2.46. The second kappa shape index (κ2) is 11.9. The SMILES string of the molecule is c1ccc(-c2ccc(N(c3ccc(-c4ccc5ccccc5c4)cc3)c3ccc4sc5ccc6c7ccc8ccccc8c7oc6c5c4c3)cc2)cc1. The third-order valence-electron chi connectivity index (χ3n) is 10.6. The molecule has 0 radical (unpaired) electrons. The summed E-state index contributed by atoms with van der Waals surface area (Å²) in [4.78, 5) is 2.37. The van der Waals surface area contributed by atoms with E-state index in [1.54, 1.807) is 0 Å². The molecule has 11 rings (SSSR count). The largest absolute Gasteiger partial charge is 0.455 e. The molecular weight excluding hydrogens is 663 g/mol. The predicted molar refractivity (Wildman–Crippen MR) is 227 cm³/mol. The lowest BCUT2D eigenvalue weighted by Gasteiger charge is -2.26. The molecule has 2 aromatic heterocycles. The molecule has 2 nitrogen and oxygen atoms in total. The van der Waals surface area contributed by atoms with Crippen molar-refractivity contribution in [2.75, 3.05) is 4.90 Å². The van der Waals surface area contributed by atoms with Crippen molar-refractivity contribution in [1.29, 1.82) is 0 Å². The van der Waals surface area contributed by atoms with Crippen molar-refractivity contribution in [3.8, 4) is 22.3 Å². The van der Waals surface area contributed by atoms with Crippen LogP contribution in [0.5, 0.6) is 0 Å². The van der Waals surface area contributed by atoms with Crippen LogP contribution in [-0.2, 0) is 0 Å². The van der Waals surface area contributed by atoms with E-state index in [0.29, 0.717) is 0 Å². The highest BCUT2D eigenvalue weighted by molar-refractivity contribution is 7.26. The lowest BCUT2D eigenvalue weighted by Crippen LogP contribution is -2.09. The van der Waals surface area contributed by atoms with Crippen LogP contribution < -0.4 is 4.90 Å². The zero-order valence-corrected chi connectivity index (χ0v) is 29.5. The van der Waals surface area contributed by atoms with E-state index in [4.69, 9.17) is 4.42 Å². The lowest BCUT2D eigenvalue weighted by molar-refractivity contribution is 0.677. The summed E-state index contributed by atoms with van der Waals surface area (Å²) in [6.45, 7) is 0. The van der Waals surface area contributed by atoms with Crippen molar-refractivity contribution >= 4 is 92.1 Å². The van der Waals surface area contributed by atoms with E-state index in [2.05, 4.69) is 193 Å². The summed E-state index contributed by atoms with van der Waals surface area (Å²) in [5.41, 5.74) is 10.0. The highest BCUT2D eigenvalue weighted by Gasteiger charge is 2.19. The topological polar surface area (TPSA) is 16.4 Å². The van der Waals surface area contributed by atoms with Gasteiger partial charge in [-0.05, 0) is 105 Å². The van der Waals surface area contributed by atoms with E-state index < -0.39 is 0 Å². The zero-order chi connectivity index (χ0) is 34.9. The number of rotatable bonds is 5. The highest BCUT2D eigenvalue weighted by atomic mass is 32.1. The van der Waals surface area contributed by atoms with Crippen LogP contribution in [0, 0.1) is 0 Å². The van der Waals surface area contributed by atoms with E-state index in [9.17, 15) is 0 Å². The summed E-state index contributed by atoms with van der Waals surface area (Å²) < 4.78 is 9.32. The number of thiophene rings is 1. The van der Waals surface area contributed by atoms with Gasteiger partial charge in [0, 0.05) is 53.4 Å². The average Bonchev–Trinajstić information content (AvgIpc) is 3.80. The first-order valence-electron chi connectivity index (χ1n) is 18.0. The third-order valence-corrected chi connectivity index (χ3v) is 11.8. The van der Waals surface area contributed by atoms with Gasteiger partial charge in [0.1, 0.15) is 11.2 Å². The molecule has 2 heterocycles. The smallest absolute Gasteiger partial charge is 0.144 e. The third kappa shape index (κ3) is 4.93. The summed E-state index contributed by atoms with van der Waals surface area (Å²) >= 11 is 1.82. The van der Waals surface area contributed by atoms with Crippen molar-refractivity contribution in [3.05, 3.63) is 188 Å². The van der Waals surface area contributed by atoms with E-state index in [-0.39, 0.29) is 0 Å². The molecule has 11 aromatic rings. The average molecular weight is 694 g/mol. The summed E-state index contributed by atoms with van der Waals surface area (Å²) in [6.07, 6.45) is 0. The Morgan fingerprint density at radius 1 is 0.340 bits per heavy atom. The summed E-state index contributed by atoms with van der Waals surface area (Å²) in [6, 6.07) is 68.0. The molecule has 0 aliphatic rings. The number of anilines is 3. The van der Waals surface area contributed by atoms with Crippen LogP contribution >= 0.6 is 11.3 Å². The summed E-state index contributed by atoms with van der Waals surface area (Å²) in [5.74, 6) is 0. The minimum absolute atomic E-state index is 0.952. The first-order chi connectivity index (χ1) is 26.2. The Morgan fingerprint density at radius 2 is 0.906 bits per heavy atom. The monoisotopic (exact) mass is 693 g/mol. The van der Waals surface area contributed by atoms with Crippen LogP contribution in [-0.4, -0.2) is 0 Å². The second-order valence-corrected chi connectivity index (χ2v) is 14.8. The number of furan rings is 1. The van der Waals surface area contributed by atoms with Gasteiger partial charge >= 0.3 is 0 Å². The molecule has 0 amide bonds. The van der Waals surface area contributed by atoms with Gasteiger partial charge in [0.15, 0.2) is 0 Å². The molecule has 9 aromatic carbocycles.